The summed E-state index contributed by atoms with van der Waals surface area (Å²) >= 11 is 1.78. The number of thioether (sulfide) groups is 1. The Kier molecular flexibility index (Phi) is 6.89. The van der Waals surface area contributed by atoms with E-state index in [9.17, 15) is 4.79 Å². The Hall–Kier alpha value is -3.05. The molecule has 2 aromatic heterocycles. The molecule has 4 rings (SSSR count). The Labute approximate surface area is 199 Å². The van der Waals surface area contributed by atoms with Gasteiger partial charge in [0.1, 0.15) is 18.6 Å². The Morgan fingerprint density at radius 2 is 1.88 bits per heavy atom. The van der Waals surface area contributed by atoms with Crippen molar-refractivity contribution in [2.45, 2.75) is 56.3 Å². The first kappa shape index (κ1) is 23.1. The minimum atomic E-state index is -0.245. The lowest BCUT2D eigenvalue weighted by Gasteiger charge is -2.20. The first-order valence-electron chi connectivity index (χ1n) is 11.2. The highest BCUT2D eigenvalue weighted by molar-refractivity contribution is 8.00. The molecule has 1 unspecified atom stereocenters. The number of hydrogen-bond donors (Lipinski definition) is 1. The van der Waals surface area contributed by atoms with Crippen LogP contribution in [0.15, 0.2) is 71.8 Å². The van der Waals surface area contributed by atoms with Gasteiger partial charge in [0.25, 0.3) is 0 Å². The van der Waals surface area contributed by atoms with Gasteiger partial charge in [0.05, 0.1) is 11.6 Å². The monoisotopic (exact) mass is 458 g/mol. The summed E-state index contributed by atoms with van der Waals surface area (Å²) in [6, 6.07) is 20.3. The standard InChI is InChI=1S/C28H30N2O2S/c1-19-10-11-22(29-16-19)18-32-23-12-13-25-24(15-23)27(33-28(2,3)4)26(30-25)21(17-31)14-20-8-6-5-7-9-20/h5-13,15-17,21,30H,14,18H2,1-4H3. The van der Waals surface area contributed by atoms with E-state index in [1.807, 2.05) is 55.6 Å². The summed E-state index contributed by atoms with van der Waals surface area (Å²) in [5.74, 6) is 0.544. The minimum absolute atomic E-state index is 0.00721. The number of rotatable bonds is 8. The Morgan fingerprint density at radius 1 is 1.09 bits per heavy atom. The van der Waals surface area contributed by atoms with Gasteiger partial charge in [-0.3, -0.25) is 4.98 Å². The highest BCUT2D eigenvalue weighted by Crippen LogP contribution is 2.43. The van der Waals surface area contributed by atoms with Crippen LogP contribution in [0.25, 0.3) is 10.9 Å². The summed E-state index contributed by atoms with van der Waals surface area (Å²) in [5.41, 5.74) is 5.15. The minimum Gasteiger partial charge on any atom is -0.487 e. The van der Waals surface area contributed by atoms with E-state index in [4.69, 9.17) is 4.74 Å². The number of nitrogens with one attached hydrogen (secondary N) is 1. The number of pyridine rings is 1. The number of ether oxygens (including phenoxy) is 1. The van der Waals surface area contributed by atoms with Gasteiger partial charge in [-0.15, -0.1) is 11.8 Å². The number of H-pyrrole nitrogens is 1. The van der Waals surface area contributed by atoms with Gasteiger partial charge >= 0.3 is 0 Å². The lowest BCUT2D eigenvalue weighted by Crippen LogP contribution is -2.10. The van der Waals surface area contributed by atoms with Gasteiger partial charge < -0.3 is 14.5 Å². The van der Waals surface area contributed by atoms with E-state index in [2.05, 4.69) is 48.9 Å². The zero-order chi connectivity index (χ0) is 23.4. The molecule has 0 bridgehead atoms. The van der Waals surface area contributed by atoms with Crippen molar-refractivity contribution in [3.63, 3.8) is 0 Å². The average molecular weight is 459 g/mol. The molecular formula is C28H30N2O2S. The molecule has 2 heterocycles. The third-order valence-electron chi connectivity index (χ3n) is 5.35. The Morgan fingerprint density at radius 3 is 2.55 bits per heavy atom. The zero-order valence-electron chi connectivity index (χ0n) is 19.6. The van der Waals surface area contributed by atoms with E-state index in [-0.39, 0.29) is 10.7 Å². The number of carbonyl (C=O) groups excluding carboxylic acids is 1. The number of aromatic nitrogens is 2. The largest absolute Gasteiger partial charge is 0.487 e. The molecule has 33 heavy (non-hydrogen) atoms. The van der Waals surface area contributed by atoms with Crippen LogP contribution < -0.4 is 4.74 Å². The van der Waals surface area contributed by atoms with Crippen molar-refractivity contribution in [1.29, 1.82) is 0 Å². The normalized spacial score (nSPS) is 12.6. The number of benzene rings is 2. The lowest BCUT2D eigenvalue weighted by molar-refractivity contribution is -0.109. The second kappa shape index (κ2) is 9.84. The molecule has 0 saturated carbocycles. The number of carbonyl (C=O) groups is 1. The second-order valence-corrected chi connectivity index (χ2v) is 11.2. The highest BCUT2D eigenvalue weighted by Gasteiger charge is 2.25. The highest BCUT2D eigenvalue weighted by atomic mass is 32.2. The summed E-state index contributed by atoms with van der Waals surface area (Å²) in [6.07, 6.45) is 3.58. The molecule has 5 heteroatoms. The van der Waals surface area contributed by atoms with Crippen LogP contribution in [0.5, 0.6) is 5.75 Å². The van der Waals surface area contributed by atoms with E-state index in [1.54, 1.807) is 11.8 Å². The molecule has 170 valence electrons. The molecule has 0 fully saturated rings. The van der Waals surface area contributed by atoms with Crippen LogP contribution in [-0.4, -0.2) is 21.0 Å². The summed E-state index contributed by atoms with van der Waals surface area (Å²) < 4.78 is 6.05. The molecule has 0 aliphatic carbocycles. The van der Waals surface area contributed by atoms with Crippen molar-refractivity contribution in [3.8, 4) is 5.75 Å². The van der Waals surface area contributed by atoms with Crippen molar-refractivity contribution < 1.29 is 9.53 Å². The topological polar surface area (TPSA) is 55.0 Å². The van der Waals surface area contributed by atoms with E-state index in [0.717, 1.165) is 50.3 Å². The van der Waals surface area contributed by atoms with Crippen molar-refractivity contribution in [3.05, 3.63) is 89.4 Å². The number of hydrogen-bond acceptors (Lipinski definition) is 4. The van der Waals surface area contributed by atoms with Crippen LogP contribution in [0, 0.1) is 6.92 Å². The molecule has 1 N–H and O–H groups in total. The molecule has 0 aliphatic heterocycles. The third kappa shape index (κ3) is 5.85. The van der Waals surface area contributed by atoms with Gasteiger partial charge in [-0.05, 0) is 48.7 Å². The van der Waals surface area contributed by atoms with Gasteiger partial charge in [-0.25, -0.2) is 0 Å². The molecule has 0 radical (unpaired) electrons. The predicted molar refractivity (Wildman–Crippen MR) is 136 cm³/mol. The summed E-state index contributed by atoms with van der Waals surface area (Å²) in [6.45, 7) is 9.01. The van der Waals surface area contributed by atoms with E-state index in [1.165, 1.54) is 0 Å². The van der Waals surface area contributed by atoms with E-state index >= 15 is 0 Å². The maximum absolute atomic E-state index is 12.2. The molecule has 1 atom stereocenters. The molecular weight excluding hydrogens is 428 g/mol. The first-order chi connectivity index (χ1) is 15.8. The van der Waals surface area contributed by atoms with Gasteiger partial charge in [0.2, 0.25) is 0 Å². The Balaban J connectivity index is 1.68. The van der Waals surface area contributed by atoms with Crippen LogP contribution in [0.4, 0.5) is 0 Å². The van der Waals surface area contributed by atoms with E-state index in [0.29, 0.717) is 13.0 Å². The Bertz CT molecular complexity index is 1220. The molecule has 0 aliphatic rings. The van der Waals surface area contributed by atoms with Crippen molar-refractivity contribution in [1.82, 2.24) is 9.97 Å². The van der Waals surface area contributed by atoms with Gasteiger partial charge in [0.15, 0.2) is 0 Å². The average Bonchev–Trinajstić information content (AvgIpc) is 3.14. The predicted octanol–water partition coefficient (Wildman–Crippen LogP) is 6.87. The van der Waals surface area contributed by atoms with Crippen LogP contribution in [0.1, 0.15) is 49.2 Å². The summed E-state index contributed by atoms with van der Waals surface area (Å²) in [4.78, 5) is 21.3. The fourth-order valence-electron chi connectivity index (χ4n) is 3.76. The quantitative estimate of drug-likeness (QED) is 0.231. The second-order valence-electron chi connectivity index (χ2n) is 9.34. The SMILES string of the molecule is Cc1ccc(COc2ccc3[nH]c(C(C=O)Cc4ccccc4)c(SC(C)(C)C)c3c2)nc1. The van der Waals surface area contributed by atoms with Crippen molar-refractivity contribution >= 4 is 29.0 Å². The molecule has 0 saturated heterocycles. The number of aldehydes is 1. The first-order valence-corrected chi connectivity index (χ1v) is 12.0. The lowest BCUT2D eigenvalue weighted by atomic mass is 9.97. The number of aromatic amines is 1. The van der Waals surface area contributed by atoms with Gasteiger partial charge in [-0.1, -0.05) is 57.2 Å². The molecule has 4 aromatic rings. The molecule has 2 aromatic carbocycles. The van der Waals surface area contributed by atoms with Crippen LogP contribution in [-0.2, 0) is 17.8 Å². The van der Waals surface area contributed by atoms with Crippen LogP contribution >= 0.6 is 11.8 Å². The van der Waals surface area contributed by atoms with Crippen LogP contribution in [0.3, 0.4) is 0 Å². The summed E-state index contributed by atoms with van der Waals surface area (Å²) in [5, 5.41) is 1.08. The fourth-order valence-corrected chi connectivity index (χ4v) is 4.97. The maximum Gasteiger partial charge on any atom is 0.130 e. The van der Waals surface area contributed by atoms with Crippen LogP contribution in [0.2, 0.25) is 0 Å². The van der Waals surface area contributed by atoms with Gasteiger partial charge in [0, 0.05) is 32.4 Å². The van der Waals surface area contributed by atoms with E-state index < -0.39 is 0 Å². The fraction of sp³-hybridized carbons (Fsp3) is 0.286. The molecule has 4 nitrogen and oxygen atoms in total. The van der Waals surface area contributed by atoms with Crippen molar-refractivity contribution in [2.75, 3.05) is 0 Å². The smallest absolute Gasteiger partial charge is 0.130 e. The number of aryl methyl sites for hydroxylation is 1. The van der Waals surface area contributed by atoms with Gasteiger partial charge in [-0.2, -0.15) is 0 Å². The maximum atomic E-state index is 12.2. The summed E-state index contributed by atoms with van der Waals surface area (Å²) in [7, 11) is 0. The van der Waals surface area contributed by atoms with Crippen molar-refractivity contribution in [2.24, 2.45) is 0 Å². The zero-order valence-corrected chi connectivity index (χ0v) is 20.4. The number of nitrogens with zero attached hydrogens (tertiary/aromatic N) is 1. The molecule has 0 spiro atoms. The molecule has 0 amide bonds. The third-order valence-corrected chi connectivity index (χ3v) is 6.61. The number of fused-ring (bicyclic) bond motifs is 1.